The molecule has 28 heavy (non-hydrogen) atoms. The number of rotatable bonds is 3. The van der Waals surface area contributed by atoms with E-state index in [1.165, 1.54) is 59.3 Å². The molecule has 0 saturated heterocycles. The van der Waals surface area contributed by atoms with Crippen LogP contribution in [0.15, 0.2) is 60.8 Å². The maximum atomic E-state index is 2.42. The Bertz CT molecular complexity index is 949. The van der Waals surface area contributed by atoms with Gasteiger partial charge >= 0.3 is 0 Å². The zero-order valence-corrected chi connectivity index (χ0v) is 17.4. The van der Waals surface area contributed by atoms with Crippen LogP contribution < -0.4 is 4.90 Å². The van der Waals surface area contributed by atoms with Crippen LogP contribution in [-0.2, 0) is 12.8 Å². The van der Waals surface area contributed by atoms with Gasteiger partial charge < -0.3 is 4.90 Å². The van der Waals surface area contributed by atoms with Crippen LogP contribution >= 0.6 is 0 Å². The average molecular weight is 372 g/mol. The van der Waals surface area contributed by atoms with Gasteiger partial charge in [-0.3, -0.25) is 0 Å². The molecule has 0 aromatic heterocycles. The molecule has 0 spiro atoms. The molecule has 1 atom stereocenters. The molecule has 0 radical (unpaired) electrons. The number of nitrogens with zero attached hydrogens (tertiary/aromatic N) is 2. The first kappa shape index (κ1) is 18.7. The maximum Gasteiger partial charge on any atom is 0.208 e. The van der Waals surface area contributed by atoms with Gasteiger partial charge in [-0.05, 0) is 63.8 Å². The van der Waals surface area contributed by atoms with Crippen LogP contribution in [-0.4, -0.2) is 23.4 Å². The average Bonchev–Trinajstić information content (AvgIpc) is 2.69. The zero-order valence-electron chi connectivity index (χ0n) is 17.4. The molecule has 2 nitrogen and oxygen atoms in total. The van der Waals surface area contributed by atoms with E-state index in [2.05, 4.69) is 97.3 Å². The van der Waals surface area contributed by atoms with Crippen LogP contribution in [0.25, 0.3) is 0 Å². The summed E-state index contributed by atoms with van der Waals surface area (Å²) in [6.45, 7) is 7.77. The van der Waals surface area contributed by atoms with Gasteiger partial charge in [0.2, 0.25) is 5.69 Å². The summed E-state index contributed by atoms with van der Waals surface area (Å²) in [4.78, 5) is 2.42. The Morgan fingerprint density at radius 1 is 0.929 bits per heavy atom. The van der Waals surface area contributed by atoms with Crippen molar-refractivity contribution in [1.29, 1.82) is 0 Å². The summed E-state index contributed by atoms with van der Waals surface area (Å²) in [5.41, 5.74) is 8.37. The molecule has 2 heteroatoms. The van der Waals surface area contributed by atoms with Crippen molar-refractivity contribution in [2.24, 2.45) is 0 Å². The molecule has 0 amide bonds. The highest BCUT2D eigenvalue weighted by Gasteiger charge is 2.21. The van der Waals surface area contributed by atoms with Crippen molar-refractivity contribution in [3.8, 4) is 0 Å². The van der Waals surface area contributed by atoms with Crippen molar-refractivity contribution in [2.75, 3.05) is 11.4 Å². The predicted octanol–water partition coefficient (Wildman–Crippen LogP) is 5.88. The number of fused-ring (bicyclic) bond motifs is 2. The van der Waals surface area contributed by atoms with E-state index in [4.69, 9.17) is 0 Å². The Labute approximate surface area is 169 Å². The fourth-order valence-electron chi connectivity index (χ4n) is 4.40. The second kappa shape index (κ2) is 8.18. The molecule has 2 aromatic rings. The van der Waals surface area contributed by atoms with E-state index in [1.807, 2.05) is 0 Å². The van der Waals surface area contributed by atoms with Crippen molar-refractivity contribution >= 4 is 17.6 Å². The lowest BCUT2D eigenvalue weighted by molar-refractivity contribution is -0.440. The van der Waals surface area contributed by atoms with E-state index in [0.717, 1.165) is 6.54 Å². The van der Waals surface area contributed by atoms with Crippen molar-refractivity contribution in [2.45, 2.75) is 52.5 Å². The fraction of sp³-hybridized carbons (Fsp3) is 0.346. The lowest BCUT2D eigenvalue weighted by atomic mass is 9.95. The summed E-state index contributed by atoms with van der Waals surface area (Å²) in [6.07, 6.45) is 15.7. The highest BCUT2D eigenvalue weighted by Crippen LogP contribution is 2.31. The first-order valence-electron chi connectivity index (χ1n) is 10.5. The van der Waals surface area contributed by atoms with Gasteiger partial charge in [0.25, 0.3) is 0 Å². The molecule has 2 aliphatic rings. The van der Waals surface area contributed by atoms with Crippen molar-refractivity contribution < 1.29 is 4.58 Å². The third-order valence-corrected chi connectivity index (χ3v) is 5.94. The lowest BCUT2D eigenvalue weighted by Crippen LogP contribution is -2.32. The Kier molecular flexibility index (Phi) is 5.47. The van der Waals surface area contributed by atoms with E-state index in [0.29, 0.717) is 6.04 Å². The van der Waals surface area contributed by atoms with Crippen molar-refractivity contribution in [1.82, 2.24) is 0 Å². The van der Waals surface area contributed by atoms with E-state index in [1.54, 1.807) is 0 Å². The first-order chi connectivity index (χ1) is 13.6. The minimum absolute atomic E-state index is 0.543. The number of hydrogen-bond donors (Lipinski definition) is 0. The Balaban J connectivity index is 1.49. The molecule has 1 unspecified atom stereocenters. The minimum Gasteiger partial charge on any atom is -0.345 e. The molecule has 144 valence electrons. The summed E-state index contributed by atoms with van der Waals surface area (Å²) in [6, 6.07) is 14.2. The Hall–Kier alpha value is -2.61. The van der Waals surface area contributed by atoms with E-state index in [-0.39, 0.29) is 0 Å². The van der Waals surface area contributed by atoms with Crippen LogP contribution in [0.3, 0.4) is 0 Å². The molecule has 2 heterocycles. The molecule has 0 fully saturated rings. The van der Waals surface area contributed by atoms with Crippen LogP contribution in [0.5, 0.6) is 0 Å². The molecule has 2 aliphatic heterocycles. The normalized spacial score (nSPS) is 20.8. The summed E-state index contributed by atoms with van der Waals surface area (Å²) in [5, 5.41) is 0. The van der Waals surface area contributed by atoms with E-state index in [9.17, 15) is 0 Å². The SMILES string of the molecule is Cc1ccc2c(c1)CCC(C)N2/C=C/C=C/C=[N+]1CCCc2cc(C)ccc21. The number of allylic oxidation sites excluding steroid dienone is 3. The van der Waals surface area contributed by atoms with Crippen molar-refractivity contribution in [3.05, 3.63) is 83.1 Å². The third kappa shape index (κ3) is 3.96. The zero-order chi connectivity index (χ0) is 19.5. The van der Waals surface area contributed by atoms with Crippen LogP contribution in [0, 0.1) is 13.8 Å². The quantitative estimate of drug-likeness (QED) is 0.483. The third-order valence-electron chi connectivity index (χ3n) is 5.94. The molecule has 0 aliphatic carbocycles. The van der Waals surface area contributed by atoms with E-state index < -0.39 is 0 Å². The highest BCUT2D eigenvalue weighted by atomic mass is 15.1. The number of anilines is 1. The first-order valence-corrected chi connectivity index (χ1v) is 10.5. The minimum atomic E-state index is 0.543. The van der Waals surface area contributed by atoms with Gasteiger partial charge in [-0.1, -0.05) is 35.4 Å². The molecule has 4 rings (SSSR count). The largest absolute Gasteiger partial charge is 0.345 e. The van der Waals surface area contributed by atoms with Gasteiger partial charge in [-0.2, -0.15) is 4.58 Å². The smallest absolute Gasteiger partial charge is 0.208 e. The van der Waals surface area contributed by atoms with Gasteiger partial charge in [0.15, 0.2) is 6.21 Å². The lowest BCUT2D eigenvalue weighted by Gasteiger charge is -2.34. The molecular weight excluding hydrogens is 340 g/mol. The molecular formula is C26H31N2+. The van der Waals surface area contributed by atoms with E-state index >= 15 is 0 Å². The Morgan fingerprint density at radius 3 is 2.57 bits per heavy atom. The van der Waals surface area contributed by atoms with Gasteiger partial charge in [0.1, 0.15) is 6.54 Å². The number of aryl methyl sites for hydroxylation is 4. The topological polar surface area (TPSA) is 6.25 Å². The second-order valence-corrected chi connectivity index (χ2v) is 8.23. The van der Waals surface area contributed by atoms with Gasteiger partial charge in [-0.15, -0.1) is 0 Å². The molecule has 0 N–H and O–H groups in total. The molecule has 0 bridgehead atoms. The summed E-state index contributed by atoms with van der Waals surface area (Å²) >= 11 is 0. The molecule has 0 saturated carbocycles. The van der Waals surface area contributed by atoms with Crippen LogP contribution in [0.1, 0.15) is 42.0 Å². The standard InChI is InChI=1S/C26H31N2/c1-20-9-13-25-23(18-20)8-7-16-27(25)15-5-4-6-17-28-22(3)11-12-24-19-21(2)10-14-26(24)28/h4-6,9-10,13-15,17-19,22H,7-8,11-12,16H2,1-3H3/q+1. The van der Waals surface area contributed by atoms with Crippen molar-refractivity contribution in [3.63, 3.8) is 0 Å². The van der Waals surface area contributed by atoms with Crippen LogP contribution in [0.2, 0.25) is 0 Å². The predicted molar refractivity (Wildman–Crippen MR) is 120 cm³/mol. The number of hydrogen-bond acceptors (Lipinski definition) is 1. The maximum absolute atomic E-state index is 2.42. The Morgan fingerprint density at radius 2 is 1.71 bits per heavy atom. The fourth-order valence-corrected chi connectivity index (χ4v) is 4.40. The van der Waals surface area contributed by atoms with Gasteiger partial charge in [0.05, 0.1) is 0 Å². The summed E-state index contributed by atoms with van der Waals surface area (Å²) in [5.74, 6) is 0. The van der Waals surface area contributed by atoms with Crippen LogP contribution in [0.4, 0.5) is 11.4 Å². The molecule has 2 aromatic carbocycles. The summed E-state index contributed by atoms with van der Waals surface area (Å²) in [7, 11) is 0. The number of benzene rings is 2. The highest BCUT2D eigenvalue weighted by molar-refractivity contribution is 5.69. The van der Waals surface area contributed by atoms with Gasteiger partial charge in [0, 0.05) is 42.1 Å². The second-order valence-electron chi connectivity index (χ2n) is 8.23. The van der Waals surface area contributed by atoms with Gasteiger partial charge in [-0.25, -0.2) is 0 Å². The summed E-state index contributed by atoms with van der Waals surface area (Å²) < 4.78 is 2.38. The monoisotopic (exact) mass is 371 g/mol.